The van der Waals surface area contributed by atoms with Crippen molar-refractivity contribution in [3.63, 3.8) is 0 Å². The van der Waals surface area contributed by atoms with Gasteiger partial charge in [0.15, 0.2) is 5.57 Å². The maximum Gasteiger partial charge on any atom is 0.350 e. The lowest BCUT2D eigenvalue weighted by atomic mass is 10.1. The third-order valence-electron chi connectivity index (χ3n) is 2.46. The predicted molar refractivity (Wildman–Crippen MR) is 63.7 cm³/mol. The third kappa shape index (κ3) is 3.70. The highest BCUT2D eigenvalue weighted by atomic mass is 16.7. The van der Waals surface area contributed by atoms with E-state index in [1.165, 1.54) is 13.8 Å². The Labute approximate surface area is 110 Å². The number of carboxylic acids is 1. The summed E-state index contributed by atoms with van der Waals surface area (Å²) < 4.78 is 9.74. The van der Waals surface area contributed by atoms with Crippen molar-refractivity contribution in [3.8, 4) is 0 Å². The van der Waals surface area contributed by atoms with Gasteiger partial charge in [0.2, 0.25) is 0 Å². The average Bonchev–Trinajstić information content (AvgIpc) is 2.19. The molecule has 7 nitrogen and oxygen atoms in total. The number of rotatable bonds is 4. The van der Waals surface area contributed by atoms with E-state index in [0.29, 0.717) is 0 Å². The van der Waals surface area contributed by atoms with Crippen molar-refractivity contribution in [2.75, 3.05) is 0 Å². The molecule has 0 amide bonds. The summed E-state index contributed by atoms with van der Waals surface area (Å²) in [5.74, 6) is -4.30. The summed E-state index contributed by atoms with van der Waals surface area (Å²) >= 11 is 0. The van der Waals surface area contributed by atoms with E-state index in [2.05, 4.69) is 5.32 Å². The van der Waals surface area contributed by atoms with Crippen LogP contribution in [0.4, 0.5) is 0 Å². The summed E-state index contributed by atoms with van der Waals surface area (Å²) in [6.45, 7) is 6.26. The fourth-order valence-corrected chi connectivity index (χ4v) is 1.50. The first-order chi connectivity index (χ1) is 8.64. The van der Waals surface area contributed by atoms with Crippen LogP contribution in [0.25, 0.3) is 0 Å². The minimum absolute atomic E-state index is 0.221. The maximum absolute atomic E-state index is 11.6. The molecule has 1 rings (SSSR count). The van der Waals surface area contributed by atoms with E-state index in [1.54, 1.807) is 13.8 Å². The van der Waals surface area contributed by atoms with Crippen molar-refractivity contribution in [1.29, 1.82) is 0 Å². The van der Waals surface area contributed by atoms with E-state index in [4.69, 9.17) is 14.6 Å². The lowest BCUT2D eigenvalue weighted by Gasteiger charge is -2.30. The number of cyclic esters (lactones) is 2. The summed E-state index contributed by atoms with van der Waals surface area (Å²) in [7, 11) is 0. The van der Waals surface area contributed by atoms with Crippen molar-refractivity contribution in [2.24, 2.45) is 5.92 Å². The molecule has 0 aromatic rings. The first-order valence-corrected chi connectivity index (χ1v) is 5.80. The molecule has 0 saturated carbocycles. The summed E-state index contributed by atoms with van der Waals surface area (Å²) in [5, 5.41) is 11.5. The molecular formula is C12H17NO6. The van der Waals surface area contributed by atoms with Gasteiger partial charge in [0.1, 0.15) is 6.04 Å². The van der Waals surface area contributed by atoms with E-state index in [0.717, 1.165) is 6.20 Å². The van der Waals surface area contributed by atoms with Gasteiger partial charge >= 0.3 is 17.9 Å². The van der Waals surface area contributed by atoms with Crippen LogP contribution in [-0.4, -0.2) is 34.8 Å². The average molecular weight is 271 g/mol. The molecular weight excluding hydrogens is 254 g/mol. The van der Waals surface area contributed by atoms with Gasteiger partial charge in [-0.3, -0.25) is 0 Å². The highest BCUT2D eigenvalue weighted by Gasteiger charge is 2.39. The quantitative estimate of drug-likeness (QED) is 0.433. The number of aliphatic carboxylic acids is 1. The first kappa shape index (κ1) is 15.0. The predicted octanol–water partition coefficient (Wildman–Crippen LogP) is 0.405. The maximum atomic E-state index is 11.6. The lowest BCUT2D eigenvalue weighted by molar-refractivity contribution is -0.222. The van der Waals surface area contributed by atoms with E-state index in [1.807, 2.05) is 0 Å². The van der Waals surface area contributed by atoms with Crippen LogP contribution in [0, 0.1) is 5.92 Å². The van der Waals surface area contributed by atoms with Crippen LogP contribution in [0.2, 0.25) is 0 Å². The van der Waals surface area contributed by atoms with Crippen LogP contribution in [0.1, 0.15) is 27.7 Å². The molecule has 0 aromatic heterocycles. The Kier molecular flexibility index (Phi) is 4.18. The molecule has 7 heteroatoms. The molecule has 1 atom stereocenters. The molecule has 0 spiro atoms. The largest absolute Gasteiger partial charge is 0.480 e. The van der Waals surface area contributed by atoms with Gasteiger partial charge in [-0.1, -0.05) is 13.8 Å². The van der Waals surface area contributed by atoms with Gasteiger partial charge in [-0.2, -0.15) is 0 Å². The smallest absolute Gasteiger partial charge is 0.350 e. The number of ether oxygens (including phenoxy) is 2. The minimum atomic E-state index is -1.31. The lowest BCUT2D eigenvalue weighted by Crippen LogP contribution is -2.44. The van der Waals surface area contributed by atoms with E-state index < -0.39 is 29.7 Å². The Bertz CT molecular complexity index is 416. The van der Waals surface area contributed by atoms with Gasteiger partial charge in [-0.25, -0.2) is 14.4 Å². The van der Waals surface area contributed by atoms with Crippen molar-refractivity contribution in [2.45, 2.75) is 39.5 Å². The number of esters is 2. The number of nitrogens with one attached hydrogen (secondary N) is 1. The summed E-state index contributed by atoms with van der Waals surface area (Å²) in [4.78, 5) is 34.1. The zero-order valence-electron chi connectivity index (χ0n) is 11.2. The topological polar surface area (TPSA) is 102 Å². The molecule has 0 radical (unpaired) electrons. The van der Waals surface area contributed by atoms with Gasteiger partial charge in [0.25, 0.3) is 5.79 Å². The molecule has 1 fully saturated rings. The van der Waals surface area contributed by atoms with Crippen LogP contribution >= 0.6 is 0 Å². The molecule has 106 valence electrons. The van der Waals surface area contributed by atoms with Crippen LogP contribution in [-0.2, 0) is 23.9 Å². The number of hydrogen-bond acceptors (Lipinski definition) is 6. The Morgan fingerprint density at radius 3 is 2.11 bits per heavy atom. The zero-order valence-corrected chi connectivity index (χ0v) is 11.2. The molecule has 1 heterocycles. The minimum Gasteiger partial charge on any atom is -0.480 e. The fraction of sp³-hybridized carbons (Fsp3) is 0.583. The van der Waals surface area contributed by atoms with Crippen molar-refractivity contribution in [1.82, 2.24) is 5.32 Å². The highest BCUT2D eigenvalue weighted by molar-refractivity contribution is 6.15. The standard InChI is InChI=1S/C12H17NO6/c1-6(2)8(9(14)15)13-5-7-10(16)18-12(3,4)19-11(7)17/h5-6,8,13H,1-4H3,(H,14,15)/t8-/m0/s1. The molecule has 0 bridgehead atoms. The van der Waals surface area contributed by atoms with Crippen LogP contribution in [0.3, 0.4) is 0 Å². The molecule has 0 aromatic carbocycles. The number of carbonyl (C=O) groups excluding carboxylic acids is 2. The molecule has 1 aliphatic heterocycles. The summed E-state index contributed by atoms with van der Waals surface area (Å²) in [6, 6.07) is -0.914. The third-order valence-corrected chi connectivity index (χ3v) is 2.46. The van der Waals surface area contributed by atoms with E-state index in [-0.39, 0.29) is 11.5 Å². The second kappa shape index (κ2) is 5.29. The SMILES string of the molecule is CC(C)[C@H](NC=C1C(=O)OC(C)(C)OC1=O)C(=O)O. The van der Waals surface area contributed by atoms with Crippen LogP contribution < -0.4 is 5.32 Å². The van der Waals surface area contributed by atoms with E-state index in [9.17, 15) is 14.4 Å². The Morgan fingerprint density at radius 1 is 1.26 bits per heavy atom. The second-order valence-corrected chi connectivity index (χ2v) is 4.96. The normalized spacial score (nSPS) is 19.5. The van der Waals surface area contributed by atoms with Crippen molar-refractivity contribution < 1.29 is 29.0 Å². The van der Waals surface area contributed by atoms with Gasteiger partial charge in [0, 0.05) is 20.0 Å². The highest BCUT2D eigenvalue weighted by Crippen LogP contribution is 2.22. The van der Waals surface area contributed by atoms with Gasteiger partial charge < -0.3 is 19.9 Å². The first-order valence-electron chi connectivity index (χ1n) is 5.80. The number of carboxylic acid groups (broad SMARTS) is 1. The number of hydrogen-bond donors (Lipinski definition) is 2. The van der Waals surface area contributed by atoms with E-state index >= 15 is 0 Å². The molecule has 0 unspecified atom stereocenters. The number of carbonyl (C=O) groups is 3. The molecule has 1 aliphatic rings. The fourth-order valence-electron chi connectivity index (χ4n) is 1.50. The summed E-state index contributed by atoms with van der Waals surface area (Å²) in [5.41, 5.74) is -0.355. The van der Waals surface area contributed by atoms with Crippen molar-refractivity contribution >= 4 is 17.9 Å². The second-order valence-electron chi connectivity index (χ2n) is 4.96. The monoisotopic (exact) mass is 271 g/mol. The van der Waals surface area contributed by atoms with Crippen LogP contribution in [0.5, 0.6) is 0 Å². The molecule has 0 aliphatic carbocycles. The van der Waals surface area contributed by atoms with Gasteiger partial charge in [-0.15, -0.1) is 0 Å². The Hall–Kier alpha value is -2.05. The molecule has 2 N–H and O–H groups in total. The molecule has 1 saturated heterocycles. The Balaban J connectivity index is 2.85. The van der Waals surface area contributed by atoms with Crippen LogP contribution in [0.15, 0.2) is 11.8 Å². The summed E-state index contributed by atoms with van der Waals surface area (Å²) in [6.07, 6.45) is 1.03. The zero-order chi connectivity index (χ0) is 14.8. The van der Waals surface area contributed by atoms with Crippen molar-refractivity contribution in [3.05, 3.63) is 11.8 Å². The Morgan fingerprint density at radius 2 is 1.74 bits per heavy atom. The van der Waals surface area contributed by atoms with Gasteiger partial charge in [-0.05, 0) is 5.92 Å². The van der Waals surface area contributed by atoms with Gasteiger partial charge in [0.05, 0.1) is 0 Å². The molecule has 19 heavy (non-hydrogen) atoms.